The van der Waals surface area contributed by atoms with Crippen LogP contribution < -0.4 is 30.3 Å². The Labute approximate surface area is 425 Å². The number of hydrogen-bond donors (Lipinski definition) is 1. The number of rotatable bonds is 20. The molecule has 0 unspecified atom stereocenters. The SMILES string of the molecule is CCOc1cc([C@H](CS(C)(=O)=O)n2c(=O)[nH]c3cc(-c4cccc(CCOc5cc([C@H](CS(C)(=O)=O)n6c(=O)n(Cc7cncc(C)n7)c7cc(Br)cnc76)ccc5OC)c4C(C)C)cnc32)ccc1OC. The highest BCUT2D eigenvalue weighted by Crippen LogP contribution is 2.37. The van der Waals surface area contributed by atoms with Gasteiger partial charge in [0.25, 0.3) is 0 Å². The van der Waals surface area contributed by atoms with Gasteiger partial charge in [-0.1, -0.05) is 44.2 Å². The van der Waals surface area contributed by atoms with E-state index in [0.29, 0.717) is 74.0 Å². The Balaban J connectivity index is 1.11. The molecule has 3 aromatic carbocycles. The molecule has 0 aliphatic heterocycles. The number of sulfone groups is 2. The van der Waals surface area contributed by atoms with Crippen LogP contribution in [-0.4, -0.2) is 107 Å². The third-order valence-electron chi connectivity index (χ3n) is 12.2. The monoisotopic (exact) mass is 1080 g/mol. The number of pyridine rings is 2. The molecule has 2 atom stereocenters. The van der Waals surface area contributed by atoms with Crippen molar-refractivity contribution < 1.29 is 35.8 Å². The van der Waals surface area contributed by atoms with Gasteiger partial charge >= 0.3 is 11.4 Å². The molecule has 0 spiro atoms. The lowest BCUT2D eigenvalue weighted by Gasteiger charge is -2.21. The van der Waals surface area contributed by atoms with E-state index < -0.39 is 48.9 Å². The van der Waals surface area contributed by atoms with E-state index in [-0.39, 0.29) is 36.1 Å². The minimum atomic E-state index is -3.68. The number of methoxy groups -OCH3 is 2. The first-order valence-electron chi connectivity index (χ1n) is 23.0. The lowest BCUT2D eigenvalue weighted by atomic mass is 9.88. The molecular formula is C51H55BrN8O10S2. The second kappa shape index (κ2) is 21.1. The Hall–Kier alpha value is -6.84. The van der Waals surface area contributed by atoms with E-state index in [1.54, 1.807) is 67.3 Å². The quantitative estimate of drug-likeness (QED) is 0.0795. The van der Waals surface area contributed by atoms with E-state index in [2.05, 4.69) is 49.7 Å². The Morgan fingerprint density at radius 1 is 0.750 bits per heavy atom. The van der Waals surface area contributed by atoms with Crippen LogP contribution in [-0.2, 0) is 32.6 Å². The molecule has 72 heavy (non-hydrogen) atoms. The number of aromatic amines is 1. The first-order valence-corrected chi connectivity index (χ1v) is 27.9. The first kappa shape index (κ1) is 51.5. The van der Waals surface area contributed by atoms with Crippen molar-refractivity contribution in [2.24, 2.45) is 0 Å². The van der Waals surface area contributed by atoms with Crippen LogP contribution >= 0.6 is 15.9 Å². The fraction of sp³-hybridized carbons (Fsp3) is 0.333. The molecule has 1 N–H and O–H groups in total. The summed E-state index contributed by atoms with van der Waals surface area (Å²) < 4.78 is 80.4. The Morgan fingerprint density at radius 2 is 1.39 bits per heavy atom. The maximum absolute atomic E-state index is 14.5. The molecule has 0 bridgehead atoms. The molecule has 0 amide bonds. The number of nitrogens with one attached hydrogen (secondary N) is 1. The number of aryl methyl sites for hydroxylation is 1. The van der Waals surface area contributed by atoms with Gasteiger partial charge in [-0.3, -0.25) is 23.7 Å². The summed E-state index contributed by atoms with van der Waals surface area (Å²) in [7, 11) is -4.26. The zero-order valence-electron chi connectivity index (χ0n) is 41.0. The van der Waals surface area contributed by atoms with Gasteiger partial charge in [-0.05, 0) is 99.9 Å². The van der Waals surface area contributed by atoms with Gasteiger partial charge in [-0.2, -0.15) is 0 Å². The number of halogens is 1. The molecule has 5 aromatic heterocycles. The highest BCUT2D eigenvalue weighted by Gasteiger charge is 2.29. The Bertz CT molecular complexity index is 3680. The predicted molar refractivity (Wildman–Crippen MR) is 279 cm³/mol. The summed E-state index contributed by atoms with van der Waals surface area (Å²) in [5, 5.41) is 0. The molecule has 5 heterocycles. The lowest BCUT2D eigenvalue weighted by molar-refractivity contribution is 0.296. The van der Waals surface area contributed by atoms with Gasteiger partial charge < -0.3 is 23.9 Å². The van der Waals surface area contributed by atoms with E-state index in [1.165, 1.54) is 27.9 Å². The summed E-state index contributed by atoms with van der Waals surface area (Å²) in [6, 6.07) is 17.8. The van der Waals surface area contributed by atoms with Gasteiger partial charge in [0.05, 0.1) is 86.2 Å². The topological polar surface area (TPSA) is 221 Å². The van der Waals surface area contributed by atoms with Crippen LogP contribution in [0.2, 0.25) is 0 Å². The molecule has 21 heteroatoms. The van der Waals surface area contributed by atoms with Crippen LogP contribution in [0.4, 0.5) is 0 Å². The van der Waals surface area contributed by atoms with Crippen molar-refractivity contribution in [2.45, 2.75) is 58.7 Å². The summed E-state index contributed by atoms with van der Waals surface area (Å²) in [5.74, 6) is 0.898. The minimum Gasteiger partial charge on any atom is -0.493 e. The van der Waals surface area contributed by atoms with Crippen molar-refractivity contribution >= 4 is 57.9 Å². The molecule has 0 radical (unpaired) electrons. The summed E-state index contributed by atoms with van der Waals surface area (Å²) in [4.78, 5) is 49.4. The molecule has 8 rings (SSSR count). The fourth-order valence-corrected chi connectivity index (χ4v) is 11.3. The molecular weight excluding hydrogens is 1030 g/mol. The second-order valence-corrected chi connectivity index (χ2v) is 23.2. The fourth-order valence-electron chi connectivity index (χ4n) is 9.20. The zero-order chi connectivity index (χ0) is 51.6. The van der Waals surface area contributed by atoms with E-state index >= 15 is 0 Å². The van der Waals surface area contributed by atoms with Gasteiger partial charge in [0.15, 0.2) is 34.3 Å². The summed E-state index contributed by atoms with van der Waals surface area (Å²) in [6.07, 6.45) is 9.16. The molecule has 0 aliphatic rings. The number of imidazole rings is 2. The molecule has 0 fully saturated rings. The van der Waals surface area contributed by atoms with Crippen molar-refractivity contribution in [1.29, 1.82) is 0 Å². The lowest BCUT2D eigenvalue weighted by Crippen LogP contribution is -2.32. The van der Waals surface area contributed by atoms with Crippen molar-refractivity contribution in [3.8, 4) is 34.1 Å². The van der Waals surface area contributed by atoms with Crippen LogP contribution in [0.1, 0.15) is 72.4 Å². The number of hydrogen-bond acceptors (Lipinski definition) is 14. The number of H-pyrrole nitrogens is 1. The smallest absolute Gasteiger partial charge is 0.331 e. The van der Waals surface area contributed by atoms with Crippen LogP contribution in [0.25, 0.3) is 33.5 Å². The standard InChI is InChI=1S/C51H55BrN8O10S2/c1-9-69-45-20-33(13-15-43(45)67-5)41(28-71(7,63)64)59-48-39(57-50(59)61)19-35(24-54-48)38-12-10-11-32(47(38)30(2)3)17-18-70-46-21-34(14-16-44(46)68-6)42(29-72(8,65)66)60-49-40(22-36(52)25-55-49)58(51(60)62)27-37-26-53-23-31(4)56-37/h10-16,19-26,30,41-42H,9,17-18,27-29H2,1-8H3,(H,57,61)/t41-,42-/m0/s1. The van der Waals surface area contributed by atoms with Gasteiger partial charge in [0.1, 0.15) is 19.7 Å². The van der Waals surface area contributed by atoms with E-state index in [4.69, 9.17) is 23.9 Å². The van der Waals surface area contributed by atoms with Crippen molar-refractivity contribution in [2.75, 3.05) is 51.5 Å². The van der Waals surface area contributed by atoms with Crippen molar-refractivity contribution in [3.05, 3.63) is 151 Å². The van der Waals surface area contributed by atoms with Gasteiger partial charge in [0.2, 0.25) is 0 Å². The second-order valence-electron chi connectivity index (χ2n) is 17.9. The van der Waals surface area contributed by atoms with Crippen molar-refractivity contribution in [1.82, 2.24) is 38.6 Å². The van der Waals surface area contributed by atoms with Crippen LogP contribution in [0.3, 0.4) is 0 Å². The summed E-state index contributed by atoms with van der Waals surface area (Å²) in [6.45, 7) is 8.43. The van der Waals surface area contributed by atoms with E-state index in [9.17, 15) is 26.4 Å². The Morgan fingerprint density at radius 3 is 2.00 bits per heavy atom. The van der Waals surface area contributed by atoms with E-state index in [1.807, 2.05) is 38.1 Å². The number of fused-ring (bicyclic) bond motifs is 2. The van der Waals surface area contributed by atoms with Crippen LogP contribution in [0.5, 0.6) is 23.0 Å². The summed E-state index contributed by atoms with van der Waals surface area (Å²) in [5.41, 5.74) is 6.37. The zero-order valence-corrected chi connectivity index (χ0v) is 44.3. The predicted octanol–water partition coefficient (Wildman–Crippen LogP) is 7.24. The average Bonchev–Trinajstić information content (AvgIpc) is 3.79. The molecule has 378 valence electrons. The number of nitrogens with zero attached hydrogens (tertiary/aromatic N) is 7. The normalized spacial score (nSPS) is 12.9. The molecule has 0 saturated heterocycles. The minimum absolute atomic E-state index is 0.0338. The maximum Gasteiger partial charge on any atom is 0.331 e. The van der Waals surface area contributed by atoms with E-state index in [0.717, 1.165) is 34.8 Å². The van der Waals surface area contributed by atoms with Gasteiger partial charge in [-0.15, -0.1) is 0 Å². The first-order chi connectivity index (χ1) is 34.3. The maximum atomic E-state index is 14.5. The highest BCUT2D eigenvalue weighted by atomic mass is 79.9. The number of benzene rings is 3. The van der Waals surface area contributed by atoms with Crippen LogP contribution in [0, 0.1) is 6.92 Å². The Kier molecular flexibility index (Phi) is 15.1. The number of aromatic nitrogens is 8. The largest absolute Gasteiger partial charge is 0.493 e. The van der Waals surface area contributed by atoms with Crippen molar-refractivity contribution in [3.63, 3.8) is 0 Å². The van der Waals surface area contributed by atoms with Gasteiger partial charge in [0, 0.05) is 47.6 Å². The third kappa shape index (κ3) is 11.1. The summed E-state index contributed by atoms with van der Waals surface area (Å²) >= 11 is 3.48. The molecule has 0 saturated carbocycles. The number of ether oxygens (including phenoxy) is 4. The van der Waals surface area contributed by atoms with Crippen LogP contribution in [0.15, 0.2) is 106 Å². The highest BCUT2D eigenvalue weighted by molar-refractivity contribution is 9.10. The average molecular weight is 1080 g/mol. The molecule has 0 aliphatic carbocycles. The molecule has 18 nitrogen and oxygen atoms in total. The molecule has 8 aromatic rings. The van der Waals surface area contributed by atoms with Gasteiger partial charge in [-0.25, -0.2) is 36.4 Å². The third-order valence-corrected chi connectivity index (χ3v) is 14.4.